The summed E-state index contributed by atoms with van der Waals surface area (Å²) in [6, 6.07) is 5.77. The highest BCUT2D eigenvalue weighted by Gasteiger charge is 2.09. The molecule has 2 aromatic heterocycles. The first-order valence-corrected chi connectivity index (χ1v) is 8.31. The lowest BCUT2D eigenvalue weighted by Gasteiger charge is -2.03. The van der Waals surface area contributed by atoms with Crippen LogP contribution in [0.1, 0.15) is 38.8 Å². The highest BCUT2D eigenvalue weighted by atomic mass is 16.4. The van der Waals surface area contributed by atoms with Crippen molar-refractivity contribution >= 4 is 17.9 Å². The van der Waals surface area contributed by atoms with Gasteiger partial charge in [-0.3, -0.25) is 15.1 Å². The van der Waals surface area contributed by atoms with Crippen LogP contribution in [0.5, 0.6) is 0 Å². The van der Waals surface area contributed by atoms with Crippen LogP contribution < -0.4 is 16.4 Å². The molecule has 0 aliphatic heterocycles. The zero-order valence-corrected chi connectivity index (χ0v) is 14.6. The topological polar surface area (TPSA) is 118 Å². The second kappa shape index (κ2) is 9.41. The summed E-state index contributed by atoms with van der Waals surface area (Å²) in [4.78, 5) is 24.0. The molecule has 1 amide bonds. The molecule has 25 heavy (non-hydrogen) atoms. The molecule has 2 rings (SSSR count). The van der Waals surface area contributed by atoms with Crippen molar-refractivity contribution in [3.05, 3.63) is 30.2 Å². The Hall–Kier alpha value is -2.90. The Bertz CT molecular complexity index is 725. The van der Waals surface area contributed by atoms with E-state index in [4.69, 9.17) is 10.2 Å². The zero-order chi connectivity index (χ0) is 18.1. The molecule has 0 spiro atoms. The van der Waals surface area contributed by atoms with Crippen molar-refractivity contribution in [3.63, 3.8) is 0 Å². The van der Waals surface area contributed by atoms with Gasteiger partial charge in [0.2, 0.25) is 5.91 Å². The lowest BCUT2D eigenvalue weighted by atomic mass is 10.2. The number of unbranched alkanes of at least 4 members (excludes halogenated alkanes) is 2. The van der Waals surface area contributed by atoms with Crippen LogP contribution in [0.4, 0.5) is 6.01 Å². The number of nitrogens with one attached hydrogen (secondary N) is 2. The number of anilines is 1. The number of carbonyl (C=O) groups is 1. The Morgan fingerprint density at radius 3 is 2.88 bits per heavy atom. The lowest BCUT2D eigenvalue weighted by Crippen LogP contribution is -2.23. The van der Waals surface area contributed by atoms with E-state index >= 15 is 0 Å². The summed E-state index contributed by atoms with van der Waals surface area (Å²) in [7, 11) is 0. The number of pyridine rings is 1. The van der Waals surface area contributed by atoms with E-state index in [1.807, 2.05) is 18.2 Å². The summed E-state index contributed by atoms with van der Waals surface area (Å²) in [5, 5.41) is 5.54. The third-order valence-corrected chi connectivity index (χ3v) is 3.37. The van der Waals surface area contributed by atoms with Gasteiger partial charge in [0.25, 0.3) is 0 Å². The number of guanidine groups is 1. The van der Waals surface area contributed by atoms with Gasteiger partial charge in [-0.05, 0) is 18.6 Å². The van der Waals surface area contributed by atoms with Crippen molar-refractivity contribution in [1.29, 1.82) is 0 Å². The zero-order valence-electron chi connectivity index (χ0n) is 14.6. The van der Waals surface area contributed by atoms with E-state index in [-0.39, 0.29) is 17.9 Å². The first kappa shape index (κ1) is 18.4. The van der Waals surface area contributed by atoms with Gasteiger partial charge in [0, 0.05) is 13.5 Å². The van der Waals surface area contributed by atoms with Crippen LogP contribution in [0.3, 0.4) is 0 Å². The molecule has 2 aromatic rings. The fourth-order valence-electron chi connectivity index (χ4n) is 2.09. The number of carbonyl (C=O) groups excluding carboxylic acids is 1. The van der Waals surface area contributed by atoms with E-state index in [9.17, 15) is 4.79 Å². The van der Waals surface area contributed by atoms with Crippen molar-refractivity contribution in [2.45, 2.75) is 39.7 Å². The van der Waals surface area contributed by atoms with E-state index < -0.39 is 0 Å². The Kier molecular flexibility index (Phi) is 6.94. The standard InChI is InChI=1S/C17H24N6O2/c1-3-4-5-9-19-16(18)23-17-22-15(11-25-17)14-8-6-7-13(21-14)10-20-12(2)24/h6-8,11H,3-5,9-10H2,1-2H3,(H,20,24)(H3,18,19,22,23). The summed E-state index contributed by atoms with van der Waals surface area (Å²) in [6.07, 6.45) is 4.76. The van der Waals surface area contributed by atoms with Gasteiger partial charge in [-0.1, -0.05) is 25.8 Å². The van der Waals surface area contributed by atoms with Crippen LogP contribution in [0.15, 0.2) is 33.9 Å². The van der Waals surface area contributed by atoms with Gasteiger partial charge in [0.05, 0.1) is 17.9 Å². The molecule has 8 heteroatoms. The van der Waals surface area contributed by atoms with Crippen LogP contribution in [-0.4, -0.2) is 28.4 Å². The van der Waals surface area contributed by atoms with Crippen molar-refractivity contribution in [2.24, 2.45) is 10.7 Å². The summed E-state index contributed by atoms with van der Waals surface area (Å²) in [6.45, 7) is 4.64. The summed E-state index contributed by atoms with van der Waals surface area (Å²) in [5.74, 6) is 0.172. The number of nitrogens with zero attached hydrogens (tertiary/aromatic N) is 3. The monoisotopic (exact) mass is 344 g/mol. The lowest BCUT2D eigenvalue weighted by molar-refractivity contribution is -0.119. The maximum atomic E-state index is 11.0. The average Bonchev–Trinajstić information content (AvgIpc) is 3.05. The van der Waals surface area contributed by atoms with Crippen LogP contribution in [0.2, 0.25) is 0 Å². The molecule has 0 aromatic carbocycles. The van der Waals surface area contributed by atoms with Crippen molar-refractivity contribution < 1.29 is 9.21 Å². The fourth-order valence-corrected chi connectivity index (χ4v) is 2.09. The minimum atomic E-state index is -0.103. The largest absolute Gasteiger partial charge is 0.431 e. The number of hydrogen-bond donors (Lipinski definition) is 3. The van der Waals surface area contributed by atoms with Crippen LogP contribution in [-0.2, 0) is 11.3 Å². The molecule has 0 fully saturated rings. The molecule has 0 radical (unpaired) electrons. The Morgan fingerprint density at radius 1 is 1.28 bits per heavy atom. The fraction of sp³-hybridized carbons (Fsp3) is 0.412. The van der Waals surface area contributed by atoms with Gasteiger partial charge in [-0.2, -0.15) is 4.98 Å². The summed E-state index contributed by atoms with van der Waals surface area (Å²) < 4.78 is 5.36. The van der Waals surface area contributed by atoms with Crippen LogP contribution in [0, 0.1) is 0 Å². The van der Waals surface area contributed by atoms with Gasteiger partial charge < -0.3 is 15.5 Å². The number of aromatic nitrogens is 2. The van der Waals surface area contributed by atoms with Gasteiger partial charge in [0.1, 0.15) is 12.0 Å². The molecule has 0 saturated carbocycles. The molecule has 0 aliphatic carbocycles. The molecular formula is C17H24N6O2. The minimum absolute atomic E-state index is 0.103. The molecular weight excluding hydrogens is 320 g/mol. The van der Waals surface area contributed by atoms with Gasteiger partial charge in [-0.15, -0.1) is 0 Å². The first-order valence-electron chi connectivity index (χ1n) is 8.31. The Balaban J connectivity index is 1.98. The molecule has 0 atom stereocenters. The number of aliphatic imine (C=N–C) groups is 1. The second-order valence-electron chi connectivity index (χ2n) is 5.56. The predicted molar refractivity (Wildman–Crippen MR) is 96.9 cm³/mol. The molecule has 134 valence electrons. The number of hydrogen-bond acceptors (Lipinski definition) is 5. The van der Waals surface area contributed by atoms with Gasteiger partial charge in [0.15, 0.2) is 5.96 Å². The maximum absolute atomic E-state index is 11.0. The van der Waals surface area contributed by atoms with Crippen molar-refractivity contribution in [3.8, 4) is 11.4 Å². The molecule has 0 unspecified atom stereocenters. The van der Waals surface area contributed by atoms with E-state index in [1.165, 1.54) is 13.2 Å². The van der Waals surface area contributed by atoms with E-state index in [0.29, 0.717) is 24.5 Å². The molecule has 0 aliphatic rings. The smallest absolute Gasteiger partial charge is 0.302 e. The van der Waals surface area contributed by atoms with Crippen LogP contribution >= 0.6 is 0 Å². The average molecular weight is 344 g/mol. The molecule has 0 bridgehead atoms. The summed E-state index contributed by atoms with van der Waals surface area (Å²) >= 11 is 0. The SMILES string of the molecule is CCCCCN=C(N)Nc1nc(-c2cccc(CNC(C)=O)n2)co1. The number of oxazole rings is 1. The number of rotatable bonds is 8. The van der Waals surface area contributed by atoms with E-state index in [1.54, 1.807) is 0 Å². The highest BCUT2D eigenvalue weighted by Crippen LogP contribution is 2.19. The third-order valence-electron chi connectivity index (χ3n) is 3.37. The van der Waals surface area contributed by atoms with Gasteiger partial charge >= 0.3 is 6.01 Å². The Labute approximate surface area is 147 Å². The third kappa shape index (κ3) is 6.25. The predicted octanol–water partition coefficient (Wildman–Crippen LogP) is 2.29. The second-order valence-corrected chi connectivity index (χ2v) is 5.56. The van der Waals surface area contributed by atoms with Crippen molar-refractivity contribution in [2.75, 3.05) is 11.9 Å². The first-order chi connectivity index (χ1) is 12.1. The van der Waals surface area contributed by atoms with E-state index in [0.717, 1.165) is 25.0 Å². The van der Waals surface area contributed by atoms with E-state index in [2.05, 4.69) is 32.5 Å². The highest BCUT2D eigenvalue weighted by molar-refractivity contribution is 5.90. The molecule has 0 saturated heterocycles. The normalized spacial score (nSPS) is 11.4. The maximum Gasteiger partial charge on any atom is 0.302 e. The van der Waals surface area contributed by atoms with Gasteiger partial charge in [-0.25, -0.2) is 4.98 Å². The summed E-state index contributed by atoms with van der Waals surface area (Å²) in [5.41, 5.74) is 7.78. The molecule has 2 heterocycles. The molecule has 8 nitrogen and oxygen atoms in total. The Morgan fingerprint density at radius 2 is 2.12 bits per heavy atom. The molecule has 4 N–H and O–H groups in total. The minimum Gasteiger partial charge on any atom is -0.431 e. The van der Waals surface area contributed by atoms with Crippen molar-refractivity contribution in [1.82, 2.24) is 15.3 Å². The van der Waals surface area contributed by atoms with Crippen LogP contribution in [0.25, 0.3) is 11.4 Å². The quantitative estimate of drug-likeness (QED) is 0.384. The number of nitrogens with two attached hydrogens (primary N) is 1. The number of amides is 1.